The second-order valence-electron chi connectivity index (χ2n) is 9.64. The molecule has 0 spiro atoms. The Bertz CT molecular complexity index is 932. The highest BCUT2D eigenvalue weighted by Gasteiger charge is 2.54. The van der Waals surface area contributed by atoms with Crippen LogP contribution in [0.15, 0.2) is 53.4 Å². The number of carbonyl (C=O) groups excluding carboxylic acids is 2. The Kier molecular flexibility index (Phi) is 5.87. The third-order valence-electron chi connectivity index (χ3n) is 7.37. The highest BCUT2D eigenvalue weighted by Crippen LogP contribution is 2.60. The van der Waals surface area contributed by atoms with E-state index in [1.807, 2.05) is 36.4 Å². The zero-order valence-corrected chi connectivity index (χ0v) is 19.1. The molecule has 4 aliphatic carbocycles. The number of hydrogen-bond donors (Lipinski definition) is 0. The zero-order chi connectivity index (χ0) is 21.4. The summed E-state index contributed by atoms with van der Waals surface area (Å²) in [5, 5.41) is 0.730. The number of ether oxygens (including phenoxy) is 1. The summed E-state index contributed by atoms with van der Waals surface area (Å²) >= 11 is 7.64. The lowest BCUT2D eigenvalue weighted by Gasteiger charge is -2.55. The Hall–Kier alpha value is -1.78. The third-order valence-corrected chi connectivity index (χ3v) is 8.71. The van der Waals surface area contributed by atoms with E-state index in [9.17, 15) is 9.59 Å². The molecule has 4 aliphatic rings. The molecule has 3 nitrogen and oxygen atoms in total. The summed E-state index contributed by atoms with van der Waals surface area (Å²) in [4.78, 5) is 26.7. The number of thioether (sulfide) groups is 1. The molecule has 0 unspecified atom stereocenters. The molecular weight excluding hydrogens is 428 g/mol. The summed E-state index contributed by atoms with van der Waals surface area (Å²) in [7, 11) is 0. The molecule has 0 radical (unpaired) electrons. The Morgan fingerprint density at radius 1 is 0.903 bits per heavy atom. The van der Waals surface area contributed by atoms with Crippen LogP contribution in [0.3, 0.4) is 0 Å². The van der Waals surface area contributed by atoms with Crippen LogP contribution in [0.4, 0.5) is 0 Å². The van der Waals surface area contributed by atoms with Crippen molar-refractivity contribution in [3.63, 3.8) is 0 Å². The minimum Gasteiger partial charge on any atom is -0.454 e. The smallest absolute Gasteiger partial charge is 0.338 e. The van der Waals surface area contributed by atoms with Gasteiger partial charge in [0, 0.05) is 21.1 Å². The molecule has 4 bridgehead atoms. The van der Waals surface area contributed by atoms with Gasteiger partial charge in [0.15, 0.2) is 12.4 Å². The van der Waals surface area contributed by atoms with E-state index in [4.69, 9.17) is 16.3 Å². The molecule has 4 saturated carbocycles. The first-order valence-corrected chi connectivity index (χ1v) is 12.5. The molecule has 0 aliphatic heterocycles. The molecule has 31 heavy (non-hydrogen) atoms. The van der Waals surface area contributed by atoms with E-state index in [2.05, 4.69) is 0 Å². The summed E-state index contributed by atoms with van der Waals surface area (Å²) in [6, 6.07) is 15.2. The van der Waals surface area contributed by atoms with Gasteiger partial charge in [-0.1, -0.05) is 23.7 Å². The predicted octanol–water partition coefficient (Wildman–Crippen LogP) is 6.57. The van der Waals surface area contributed by atoms with Crippen LogP contribution in [0.1, 0.15) is 54.4 Å². The summed E-state index contributed by atoms with van der Waals surface area (Å²) in [5.74, 6) is 2.69. The number of benzene rings is 2. The van der Waals surface area contributed by atoms with E-state index >= 15 is 0 Å². The second kappa shape index (κ2) is 8.63. The van der Waals surface area contributed by atoms with Crippen LogP contribution in [0.25, 0.3) is 0 Å². The lowest BCUT2D eigenvalue weighted by molar-refractivity contribution is -0.147. The Morgan fingerprint density at radius 2 is 1.48 bits per heavy atom. The average molecular weight is 455 g/mol. The third kappa shape index (κ3) is 4.56. The van der Waals surface area contributed by atoms with Crippen LogP contribution in [0.2, 0.25) is 5.02 Å². The zero-order valence-electron chi connectivity index (χ0n) is 17.5. The van der Waals surface area contributed by atoms with E-state index < -0.39 is 5.97 Å². The number of hydrogen-bond acceptors (Lipinski definition) is 4. The molecule has 2 aromatic carbocycles. The van der Waals surface area contributed by atoms with Gasteiger partial charge in [0.2, 0.25) is 0 Å². The first-order chi connectivity index (χ1) is 15.0. The van der Waals surface area contributed by atoms with E-state index in [1.54, 1.807) is 23.9 Å². The van der Waals surface area contributed by atoms with Crippen molar-refractivity contribution in [2.75, 3.05) is 6.61 Å². The van der Waals surface area contributed by atoms with Crippen molar-refractivity contribution in [2.45, 2.75) is 49.2 Å². The van der Waals surface area contributed by atoms with Crippen molar-refractivity contribution >= 4 is 35.1 Å². The average Bonchev–Trinajstić information content (AvgIpc) is 2.76. The van der Waals surface area contributed by atoms with Crippen molar-refractivity contribution in [3.05, 3.63) is 64.7 Å². The van der Waals surface area contributed by atoms with E-state index in [0.717, 1.165) is 40.5 Å². The molecule has 6 rings (SSSR count). The monoisotopic (exact) mass is 454 g/mol. The highest BCUT2D eigenvalue weighted by atomic mass is 35.5. The first-order valence-electron chi connectivity index (χ1n) is 11.2. The maximum Gasteiger partial charge on any atom is 0.338 e. The van der Waals surface area contributed by atoms with Gasteiger partial charge < -0.3 is 4.74 Å². The minimum atomic E-state index is -0.407. The van der Waals surface area contributed by atoms with Crippen molar-refractivity contribution in [3.8, 4) is 0 Å². The van der Waals surface area contributed by atoms with Crippen molar-refractivity contribution < 1.29 is 14.3 Å². The van der Waals surface area contributed by atoms with Gasteiger partial charge in [-0.3, -0.25) is 4.79 Å². The fraction of sp³-hybridized carbons (Fsp3) is 0.462. The number of esters is 1. The van der Waals surface area contributed by atoms with E-state index in [-0.39, 0.29) is 17.8 Å². The largest absolute Gasteiger partial charge is 0.454 e. The van der Waals surface area contributed by atoms with Crippen LogP contribution in [-0.4, -0.2) is 18.4 Å². The van der Waals surface area contributed by atoms with Crippen molar-refractivity contribution in [1.29, 1.82) is 0 Å². The van der Waals surface area contributed by atoms with Crippen LogP contribution < -0.4 is 0 Å². The normalized spacial score (nSPS) is 28.5. The van der Waals surface area contributed by atoms with E-state index in [1.165, 1.54) is 19.3 Å². The molecule has 0 N–H and O–H groups in total. The number of ketones is 1. The molecule has 162 valence electrons. The second-order valence-corrected chi connectivity index (χ2v) is 11.1. The molecule has 0 atom stereocenters. The molecule has 0 saturated heterocycles. The summed E-state index contributed by atoms with van der Waals surface area (Å²) in [6.07, 6.45) is 6.93. The van der Waals surface area contributed by atoms with Crippen molar-refractivity contribution in [2.24, 2.45) is 23.2 Å². The summed E-state index contributed by atoms with van der Waals surface area (Å²) in [5.41, 5.74) is 1.41. The molecule has 4 fully saturated rings. The molecular formula is C26H27ClO3S. The molecule has 0 heterocycles. The van der Waals surface area contributed by atoms with Gasteiger partial charge in [0.05, 0.1) is 5.56 Å². The van der Waals surface area contributed by atoms with Crippen LogP contribution in [0.5, 0.6) is 0 Å². The highest BCUT2D eigenvalue weighted by molar-refractivity contribution is 7.98. The van der Waals surface area contributed by atoms with Gasteiger partial charge in [-0.15, -0.1) is 11.8 Å². The van der Waals surface area contributed by atoms with E-state index in [0.29, 0.717) is 23.3 Å². The first kappa shape index (κ1) is 21.1. The standard InChI is InChI=1S/C26H27ClO3S/c27-22-5-7-23(8-6-22)31-16-17-1-3-21(4-2-17)25(29)30-15-24(28)26-12-18-9-19(13-26)11-20(10-18)14-26/h1-8,18-20H,9-16H2. The van der Waals surface area contributed by atoms with Gasteiger partial charge >= 0.3 is 5.97 Å². The van der Waals surface area contributed by atoms with Gasteiger partial charge in [0.25, 0.3) is 0 Å². The topological polar surface area (TPSA) is 43.4 Å². The number of rotatable bonds is 7. The van der Waals surface area contributed by atoms with Crippen LogP contribution in [0, 0.1) is 23.2 Å². The predicted molar refractivity (Wildman–Crippen MR) is 123 cm³/mol. The number of carbonyl (C=O) groups is 2. The minimum absolute atomic E-state index is 0.0842. The summed E-state index contributed by atoms with van der Waals surface area (Å²) < 4.78 is 5.45. The van der Waals surface area contributed by atoms with Gasteiger partial charge in [-0.25, -0.2) is 4.79 Å². The fourth-order valence-electron chi connectivity index (χ4n) is 6.25. The molecule has 5 heteroatoms. The number of Topliss-reactive ketones (excluding diaryl/α,β-unsaturated/α-hetero) is 1. The van der Waals surface area contributed by atoms with Crippen LogP contribution >= 0.6 is 23.4 Å². The Labute approximate surface area is 192 Å². The van der Waals surface area contributed by atoms with Crippen LogP contribution in [-0.2, 0) is 15.3 Å². The quantitative estimate of drug-likeness (QED) is 0.350. The molecule has 0 aromatic heterocycles. The van der Waals surface area contributed by atoms with Gasteiger partial charge in [0.1, 0.15) is 0 Å². The van der Waals surface area contributed by atoms with Gasteiger partial charge in [-0.05, 0) is 98.2 Å². The summed E-state index contributed by atoms with van der Waals surface area (Å²) in [6.45, 7) is -0.0842. The molecule has 2 aromatic rings. The Balaban J connectivity index is 1.14. The molecule has 0 amide bonds. The fourth-order valence-corrected chi connectivity index (χ4v) is 7.23. The maximum absolute atomic E-state index is 13.0. The lowest BCUT2D eigenvalue weighted by Crippen LogP contribution is -2.51. The lowest BCUT2D eigenvalue weighted by atomic mass is 9.48. The van der Waals surface area contributed by atoms with Gasteiger partial charge in [-0.2, -0.15) is 0 Å². The number of halogens is 1. The van der Waals surface area contributed by atoms with Crippen molar-refractivity contribution in [1.82, 2.24) is 0 Å². The Morgan fingerprint density at radius 3 is 2.06 bits per heavy atom. The SMILES string of the molecule is O=C(OCC(=O)C12CC3CC(CC(C3)C1)C2)c1ccc(CSc2ccc(Cl)cc2)cc1. The maximum atomic E-state index is 13.0.